The van der Waals surface area contributed by atoms with E-state index in [9.17, 15) is 18.0 Å². The van der Waals surface area contributed by atoms with Crippen LogP contribution in [-0.4, -0.2) is 87.3 Å². The van der Waals surface area contributed by atoms with Gasteiger partial charge >= 0.3 is 0 Å². The number of ether oxygens (including phenoxy) is 2. The highest BCUT2D eigenvalue weighted by Gasteiger charge is 2.43. The normalized spacial score (nSPS) is 22.5. The van der Waals surface area contributed by atoms with Crippen molar-refractivity contribution in [2.24, 2.45) is 22.7 Å². The first-order valence-corrected chi connectivity index (χ1v) is 14.6. The Kier molecular flexibility index (Phi) is 8.53. The van der Waals surface area contributed by atoms with Crippen molar-refractivity contribution in [3.05, 3.63) is 35.9 Å². The van der Waals surface area contributed by atoms with Crippen LogP contribution in [0.4, 0.5) is 0 Å². The van der Waals surface area contributed by atoms with Gasteiger partial charge in [0, 0.05) is 37.5 Å². The summed E-state index contributed by atoms with van der Waals surface area (Å²) in [4.78, 5) is 27.8. The maximum Gasteiger partial charge on any atom is 0.247 e. The molecule has 1 fully saturated rings. The fraction of sp³-hybridized carbons (Fsp3) is 0.577. The SMILES string of the molecule is COc1ccc(C2=NN(C3CCN(C(=O)CCS(=O)(=O)CCN)CC3)C(=O)C3CC=CCC23)cc1OC. The van der Waals surface area contributed by atoms with Crippen molar-refractivity contribution >= 4 is 27.4 Å². The summed E-state index contributed by atoms with van der Waals surface area (Å²) in [5, 5.41) is 6.55. The number of likely N-dealkylation sites (tertiary alicyclic amines) is 1. The molecule has 2 aliphatic heterocycles. The number of piperidine rings is 1. The number of carbonyl (C=O) groups is 2. The number of amides is 2. The van der Waals surface area contributed by atoms with E-state index in [2.05, 4.69) is 12.2 Å². The predicted octanol–water partition coefficient (Wildman–Crippen LogP) is 1.59. The number of carbonyl (C=O) groups excluding carboxylic acids is 2. The molecule has 10 nitrogen and oxygen atoms in total. The topological polar surface area (TPSA) is 132 Å². The monoisotopic (exact) mass is 532 g/mol. The van der Waals surface area contributed by atoms with Crippen LogP contribution in [0.2, 0.25) is 0 Å². The molecule has 2 heterocycles. The second-order valence-corrected chi connectivity index (χ2v) is 12.0. The van der Waals surface area contributed by atoms with E-state index in [0.29, 0.717) is 43.9 Å². The molecule has 0 bridgehead atoms. The summed E-state index contributed by atoms with van der Waals surface area (Å²) in [6.45, 7) is 0.966. The zero-order chi connectivity index (χ0) is 26.6. The molecule has 202 valence electrons. The molecule has 1 aliphatic carbocycles. The minimum absolute atomic E-state index is 0.0102. The largest absolute Gasteiger partial charge is 0.493 e. The van der Waals surface area contributed by atoms with Gasteiger partial charge in [-0.05, 0) is 43.9 Å². The molecule has 0 aromatic heterocycles. The van der Waals surface area contributed by atoms with Gasteiger partial charge in [-0.15, -0.1) is 0 Å². The van der Waals surface area contributed by atoms with Gasteiger partial charge in [-0.25, -0.2) is 13.4 Å². The van der Waals surface area contributed by atoms with E-state index in [1.807, 2.05) is 18.2 Å². The molecular weight excluding hydrogens is 496 g/mol. The lowest BCUT2D eigenvalue weighted by atomic mass is 9.76. The Morgan fingerprint density at radius 3 is 2.38 bits per heavy atom. The fourth-order valence-electron chi connectivity index (χ4n) is 5.37. The number of benzene rings is 1. The summed E-state index contributed by atoms with van der Waals surface area (Å²) in [5.41, 5.74) is 7.10. The Labute approximate surface area is 218 Å². The molecule has 2 unspecified atom stereocenters. The number of allylic oxidation sites excluding steroid dienone is 2. The zero-order valence-corrected chi connectivity index (χ0v) is 22.3. The summed E-state index contributed by atoms with van der Waals surface area (Å²) in [6, 6.07) is 5.58. The van der Waals surface area contributed by atoms with Crippen molar-refractivity contribution in [3.63, 3.8) is 0 Å². The second kappa shape index (κ2) is 11.6. The number of hydrogen-bond donors (Lipinski definition) is 1. The summed E-state index contributed by atoms with van der Waals surface area (Å²) in [6.07, 6.45) is 6.71. The maximum atomic E-state index is 13.5. The van der Waals surface area contributed by atoms with Crippen LogP contribution in [-0.2, 0) is 19.4 Å². The van der Waals surface area contributed by atoms with Gasteiger partial charge in [0.25, 0.3) is 0 Å². The number of sulfone groups is 1. The van der Waals surface area contributed by atoms with Crippen LogP contribution in [0.5, 0.6) is 11.5 Å². The van der Waals surface area contributed by atoms with Crippen LogP contribution in [0.25, 0.3) is 0 Å². The minimum atomic E-state index is -3.32. The third kappa shape index (κ3) is 5.98. The first kappa shape index (κ1) is 27.1. The first-order chi connectivity index (χ1) is 17.8. The molecule has 0 saturated carbocycles. The van der Waals surface area contributed by atoms with Crippen molar-refractivity contribution < 1.29 is 27.5 Å². The van der Waals surface area contributed by atoms with Crippen LogP contribution in [0, 0.1) is 11.8 Å². The quantitative estimate of drug-likeness (QED) is 0.478. The Morgan fingerprint density at radius 2 is 1.73 bits per heavy atom. The molecule has 4 rings (SSSR count). The highest BCUT2D eigenvalue weighted by molar-refractivity contribution is 7.91. The van der Waals surface area contributed by atoms with Crippen LogP contribution in [0.3, 0.4) is 0 Å². The molecule has 37 heavy (non-hydrogen) atoms. The lowest BCUT2D eigenvalue weighted by Gasteiger charge is -2.42. The van der Waals surface area contributed by atoms with Crippen molar-refractivity contribution in [2.45, 2.75) is 38.1 Å². The van der Waals surface area contributed by atoms with Gasteiger partial charge in [-0.1, -0.05) is 12.2 Å². The Morgan fingerprint density at radius 1 is 1.05 bits per heavy atom. The summed E-state index contributed by atoms with van der Waals surface area (Å²) >= 11 is 0. The first-order valence-electron chi connectivity index (χ1n) is 12.7. The number of rotatable bonds is 9. The lowest BCUT2D eigenvalue weighted by Crippen LogP contribution is -2.52. The van der Waals surface area contributed by atoms with Gasteiger partial charge in [-0.3, -0.25) is 9.59 Å². The van der Waals surface area contributed by atoms with E-state index in [-0.39, 0.29) is 54.2 Å². The molecular formula is C26H36N4O6S. The van der Waals surface area contributed by atoms with Crippen LogP contribution >= 0.6 is 0 Å². The summed E-state index contributed by atoms with van der Waals surface area (Å²) < 4.78 is 34.7. The van der Waals surface area contributed by atoms with Crippen LogP contribution in [0.1, 0.15) is 37.7 Å². The molecule has 2 amide bonds. The van der Waals surface area contributed by atoms with E-state index >= 15 is 0 Å². The van der Waals surface area contributed by atoms with Gasteiger partial charge in [0.15, 0.2) is 21.3 Å². The average molecular weight is 533 g/mol. The molecule has 0 radical (unpaired) electrons. The molecule has 3 aliphatic rings. The highest BCUT2D eigenvalue weighted by atomic mass is 32.2. The van der Waals surface area contributed by atoms with Gasteiger partial charge in [-0.2, -0.15) is 5.10 Å². The van der Waals surface area contributed by atoms with Crippen LogP contribution in [0.15, 0.2) is 35.5 Å². The molecule has 1 aromatic carbocycles. The number of hydrogen-bond acceptors (Lipinski definition) is 8. The number of fused-ring (bicyclic) bond motifs is 1. The molecule has 1 aromatic rings. The van der Waals surface area contributed by atoms with E-state index < -0.39 is 9.84 Å². The summed E-state index contributed by atoms with van der Waals surface area (Å²) in [5.74, 6) is 0.576. The average Bonchev–Trinajstić information content (AvgIpc) is 2.92. The van der Waals surface area contributed by atoms with E-state index in [4.69, 9.17) is 20.3 Å². The maximum absolute atomic E-state index is 13.5. The smallest absolute Gasteiger partial charge is 0.247 e. The van der Waals surface area contributed by atoms with Crippen LogP contribution < -0.4 is 15.2 Å². The van der Waals surface area contributed by atoms with Gasteiger partial charge in [0.2, 0.25) is 11.8 Å². The van der Waals surface area contributed by atoms with Crippen molar-refractivity contribution in [3.8, 4) is 11.5 Å². The Balaban J connectivity index is 1.50. The second-order valence-electron chi connectivity index (χ2n) is 9.70. The highest BCUT2D eigenvalue weighted by Crippen LogP contribution is 2.38. The number of nitrogens with zero attached hydrogens (tertiary/aromatic N) is 3. The Bertz CT molecular complexity index is 1170. The predicted molar refractivity (Wildman–Crippen MR) is 140 cm³/mol. The van der Waals surface area contributed by atoms with Gasteiger partial charge < -0.3 is 20.1 Å². The summed E-state index contributed by atoms with van der Waals surface area (Å²) in [7, 11) is -0.136. The molecule has 11 heteroatoms. The third-order valence-corrected chi connectivity index (χ3v) is 9.12. The molecule has 0 spiro atoms. The van der Waals surface area contributed by atoms with Gasteiger partial charge in [0.05, 0.1) is 43.4 Å². The van der Waals surface area contributed by atoms with Crippen molar-refractivity contribution in [1.82, 2.24) is 9.91 Å². The number of hydrazone groups is 1. The zero-order valence-electron chi connectivity index (χ0n) is 21.5. The van der Waals surface area contributed by atoms with Crippen molar-refractivity contribution in [1.29, 1.82) is 0 Å². The fourth-order valence-corrected chi connectivity index (χ4v) is 6.42. The van der Waals surface area contributed by atoms with E-state index in [1.54, 1.807) is 24.1 Å². The van der Waals surface area contributed by atoms with Crippen molar-refractivity contribution in [2.75, 3.05) is 45.4 Å². The third-order valence-electron chi connectivity index (χ3n) is 7.44. The molecule has 2 atom stereocenters. The standard InChI is InChI=1S/C26H36N4O6S/c1-35-22-8-7-18(17-23(22)36-2)25-20-5-3-4-6-21(20)26(32)30(28-25)19-9-13-29(14-10-19)24(31)11-15-37(33,34)16-12-27/h3-4,7-8,17,19-21H,5-6,9-16,27H2,1-2H3. The molecule has 1 saturated heterocycles. The number of nitrogens with two attached hydrogens (primary N) is 1. The number of methoxy groups -OCH3 is 2. The van der Waals surface area contributed by atoms with E-state index in [1.165, 1.54) is 0 Å². The molecule has 2 N–H and O–H groups in total. The van der Waals surface area contributed by atoms with E-state index in [0.717, 1.165) is 17.7 Å². The van der Waals surface area contributed by atoms with Gasteiger partial charge in [0.1, 0.15) is 0 Å². The minimum Gasteiger partial charge on any atom is -0.493 e. The lowest BCUT2D eigenvalue weighted by molar-refractivity contribution is -0.142. The Hall–Kier alpha value is -2.92.